The van der Waals surface area contributed by atoms with Crippen LogP contribution in [0.25, 0.3) is 0 Å². The van der Waals surface area contributed by atoms with Crippen molar-refractivity contribution >= 4 is 0 Å². The van der Waals surface area contributed by atoms with Crippen LogP contribution in [-0.2, 0) is 4.74 Å². The molecule has 0 spiro atoms. The van der Waals surface area contributed by atoms with Crippen LogP contribution in [0, 0.1) is 5.92 Å². The average molecular weight is 256 g/mol. The van der Waals surface area contributed by atoms with E-state index in [0.29, 0.717) is 12.1 Å². The smallest absolute Gasteiger partial charge is 0.0637 e. The molecule has 3 nitrogen and oxygen atoms in total. The summed E-state index contributed by atoms with van der Waals surface area (Å²) in [5, 5.41) is 0. The molecule has 1 aliphatic rings. The number of nitrogens with zero attached hydrogens (tertiary/aromatic N) is 1. The van der Waals surface area contributed by atoms with Gasteiger partial charge in [0.05, 0.1) is 5.60 Å². The summed E-state index contributed by atoms with van der Waals surface area (Å²) in [5.74, 6) is 0.873. The highest BCUT2D eigenvalue weighted by Gasteiger charge is 2.32. The molecule has 1 saturated heterocycles. The third kappa shape index (κ3) is 4.22. The van der Waals surface area contributed by atoms with E-state index < -0.39 is 0 Å². The number of rotatable bonds is 6. The highest BCUT2D eigenvalue weighted by molar-refractivity contribution is 4.87. The molecule has 18 heavy (non-hydrogen) atoms. The highest BCUT2D eigenvalue weighted by Crippen LogP contribution is 2.29. The quantitative estimate of drug-likeness (QED) is 0.794. The zero-order chi connectivity index (χ0) is 13.8. The largest absolute Gasteiger partial charge is 0.379 e. The fourth-order valence-electron chi connectivity index (χ4n) is 3.25. The third-order valence-corrected chi connectivity index (χ3v) is 4.63. The van der Waals surface area contributed by atoms with Crippen molar-refractivity contribution in [1.82, 2.24) is 4.90 Å². The maximum absolute atomic E-state index is 5.97. The lowest BCUT2D eigenvalue weighted by Crippen LogP contribution is -2.52. The molecule has 1 heterocycles. The van der Waals surface area contributed by atoms with Crippen LogP contribution in [0.2, 0.25) is 0 Å². The topological polar surface area (TPSA) is 38.5 Å². The number of ether oxygens (including phenoxy) is 1. The van der Waals surface area contributed by atoms with Gasteiger partial charge in [0.2, 0.25) is 0 Å². The molecule has 0 aromatic heterocycles. The zero-order valence-electron chi connectivity index (χ0n) is 12.9. The molecule has 1 aliphatic heterocycles. The summed E-state index contributed by atoms with van der Waals surface area (Å²) < 4.78 is 5.55. The number of piperidine rings is 1. The molecule has 3 unspecified atom stereocenters. The summed E-state index contributed by atoms with van der Waals surface area (Å²) in [6, 6.07) is 1.11. The van der Waals surface area contributed by atoms with Crippen molar-refractivity contribution in [1.29, 1.82) is 0 Å². The Kier molecular flexibility index (Phi) is 6.09. The van der Waals surface area contributed by atoms with Crippen LogP contribution < -0.4 is 5.73 Å². The van der Waals surface area contributed by atoms with Gasteiger partial charge >= 0.3 is 0 Å². The van der Waals surface area contributed by atoms with E-state index in [2.05, 4.69) is 32.6 Å². The zero-order valence-corrected chi connectivity index (χ0v) is 12.9. The van der Waals surface area contributed by atoms with E-state index in [0.717, 1.165) is 18.9 Å². The van der Waals surface area contributed by atoms with Crippen molar-refractivity contribution < 1.29 is 4.74 Å². The predicted molar refractivity (Wildman–Crippen MR) is 77.7 cm³/mol. The molecule has 0 amide bonds. The number of hydrogen-bond donors (Lipinski definition) is 1. The van der Waals surface area contributed by atoms with Gasteiger partial charge in [-0.3, -0.25) is 4.90 Å². The van der Waals surface area contributed by atoms with E-state index in [9.17, 15) is 0 Å². The van der Waals surface area contributed by atoms with Gasteiger partial charge in [0.15, 0.2) is 0 Å². The van der Waals surface area contributed by atoms with E-state index in [-0.39, 0.29) is 5.60 Å². The van der Waals surface area contributed by atoms with Crippen LogP contribution in [0.1, 0.15) is 53.4 Å². The fraction of sp³-hybridized carbons (Fsp3) is 1.00. The first-order chi connectivity index (χ1) is 8.43. The van der Waals surface area contributed by atoms with Crippen LogP contribution in [0.15, 0.2) is 0 Å². The first kappa shape index (κ1) is 15.9. The summed E-state index contributed by atoms with van der Waals surface area (Å²) >= 11 is 0. The number of likely N-dealkylation sites (tertiary alicyclic amines) is 1. The molecule has 1 fully saturated rings. The summed E-state index contributed by atoms with van der Waals surface area (Å²) in [7, 11) is 1.80. The molecule has 2 N–H and O–H groups in total. The minimum absolute atomic E-state index is 0.0415. The van der Waals surface area contributed by atoms with Gasteiger partial charge in [-0.25, -0.2) is 0 Å². The Morgan fingerprint density at radius 3 is 2.61 bits per heavy atom. The first-order valence-electron chi connectivity index (χ1n) is 7.44. The average Bonchev–Trinajstić information content (AvgIpc) is 2.37. The third-order valence-electron chi connectivity index (χ3n) is 4.63. The maximum atomic E-state index is 5.97. The van der Waals surface area contributed by atoms with E-state index in [4.69, 9.17) is 10.5 Å². The Hall–Kier alpha value is -0.120. The Balaban J connectivity index is 2.58. The molecule has 0 aromatic carbocycles. The molecule has 0 aliphatic carbocycles. The standard InChI is InChI=1S/C15H32N2O/c1-6-13-7-8-17(14(9-13)11-16)12(2)10-15(3,4)18-5/h12-14H,6-11,16H2,1-5H3. The fourth-order valence-corrected chi connectivity index (χ4v) is 3.25. The van der Waals surface area contributed by atoms with Crippen LogP contribution in [0.3, 0.4) is 0 Å². The molecule has 3 heteroatoms. The van der Waals surface area contributed by atoms with Gasteiger partial charge in [-0.05, 0) is 52.5 Å². The normalized spacial score (nSPS) is 28.3. The maximum Gasteiger partial charge on any atom is 0.0637 e. The molecule has 0 aromatic rings. The second-order valence-corrected chi connectivity index (χ2v) is 6.44. The van der Waals surface area contributed by atoms with Crippen molar-refractivity contribution in [2.75, 3.05) is 20.2 Å². The number of hydrogen-bond acceptors (Lipinski definition) is 3. The van der Waals surface area contributed by atoms with E-state index in [1.54, 1.807) is 7.11 Å². The predicted octanol–water partition coefficient (Wildman–Crippen LogP) is 2.64. The van der Waals surface area contributed by atoms with Gasteiger partial charge in [0.1, 0.15) is 0 Å². The van der Waals surface area contributed by atoms with Crippen LogP contribution >= 0.6 is 0 Å². The van der Waals surface area contributed by atoms with Gasteiger partial charge in [0, 0.05) is 25.7 Å². The minimum atomic E-state index is -0.0415. The van der Waals surface area contributed by atoms with Crippen LogP contribution in [-0.4, -0.2) is 42.8 Å². The highest BCUT2D eigenvalue weighted by atomic mass is 16.5. The Morgan fingerprint density at radius 1 is 1.44 bits per heavy atom. The molecule has 3 atom stereocenters. The van der Waals surface area contributed by atoms with Gasteiger partial charge in [-0.15, -0.1) is 0 Å². The van der Waals surface area contributed by atoms with Crippen molar-refractivity contribution in [3.8, 4) is 0 Å². The first-order valence-corrected chi connectivity index (χ1v) is 7.44. The van der Waals surface area contributed by atoms with Crippen molar-refractivity contribution in [3.63, 3.8) is 0 Å². The molecule has 108 valence electrons. The SMILES string of the molecule is CCC1CCN(C(C)CC(C)(C)OC)C(CN)C1. The minimum Gasteiger partial charge on any atom is -0.379 e. The summed E-state index contributed by atoms with van der Waals surface area (Å²) in [6.07, 6.45) is 4.95. The van der Waals surface area contributed by atoms with Crippen molar-refractivity contribution in [2.45, 2.75) is 71.1 Å². The molecule has 0 bridgehead atoms. The second-order valence-electron chi connectivity index (χ2n) is 6.44. The Bertz CT molecular complexity index is 243. The lowest BCUT2D eigenvalue weighted by atomic mass is 9.86. The van der Waals surface area contributed by atoms with Crippen molar-refractivity contribution in [2.24, 2.45) is 11.7 Å². The molecule has 0 radical (unpaired) electrons. The Labute approximate surface area is 113 Å². The summed E-state index contributed by atoms with van der Waals surface area (Å²) in [4.78, 5) is 2.60. The van der Waals surface area contributed by atoms with Gasteiger partial charge < -0.3 is 10.5 Å². The second kappa shape index (κ2) is 6.88. The molecule has 0 saturated carbocycles. The van der Waals surface area contributed by atoms with Crippen molar-refractivity contribution in [3.05, 3.63) is 0 Å². The molecular weight excluding hydrogens is 224 g/mol. The van der Waals surface area contributed by atoms with Crippen LogP contribution in [0.5, 0.6) is 0 Å². The lowest BCUT2D eigenvalue weighted by molar-refractivity contribution is -0.0206. The van der Waals surface area contributed by atoms with Gasteiger partial charge in [-0.1, -0.05) is 13.3 Å². The molecule has 1 rings (SSSR count). The van der Waals surface area contributed by atoms with E-state index in [1.807, 2.05) is 0 Å². The van der Waals surface area contributed by atoms with Crippen LogP contribution in [0.4, 0.5) is 0 Å². The number of methoxy groups -OCH3 is 1. The monoisotopic (exact) mass is 256 g/mol. The summed E-state index contributed by atoms with van der Waals surface area (Å²) in [6.45, 7) is 10.9. The lowest BCUT2D eigenvalue weighted by Gasteiger charge is -2.44. The van der Waals surface area contributed by atoms with E-state index in [1.165, 1.54) is 25.8 Å². The molecular formula is C15H32N2O. The number of nitrogens with two attached hydrogens (primary N) is 1. The summed E-state index contributed by atoms with van der Waals surface area (Å²) in [5.41, 5.74) is 5.93. The van der Waals surface area contributed by atoms with E-state index >= 15 is 0 Å². The van der Waals surface area contributed by atoms with Gasteiger partial charge in [0.25, 0.3) is 0 Å². The van der Waals surface area contributed by atoms with Gasteiger partial charge in [-0.2, -0.15) is 0 Å². The Morgan fingerprint density at radius 2 is 2.11 bits per heavy atom.